The maximum Gasteiger partial charge on any atom is 0.227 e. The van der Waals surface area contributed by atoms with Crippen molar-refractivity contribution < 1.29 is 4.79 Å². The molecule has 0 bridgehead atoms. The molecule has 4 heterocycles. The second-order valence-electron chi connectivity index (χ2n) is 11.7. The van der Waals surface area contributed by atoms with Crippen LogP contribution in [-0.2, 0) is 23.1 Å². The Labute approximate surface area is 193 Å². The fourth-order valence-electron chi connectivity index (χ4n) is 7.33. The molecule has 32 heavy (non-hydrogen) atoms. The highest BCUT2D eigenvalue weighted by Crippen LogP contribution is 2.46. The first-order valence-electron chi connectivity index (χ1n) is 13.1. The van der Waals surface area contributed by atoms with Crippen LogP contribution >= 0.6 is 0 Å². The lowest BCUT2D eigenvalue weighted by molar-refractivity contribution is -0.120. The molecule has 1 aromatic carbocycles. The van der Waals surface area contributed by atoms with Crippen molar-refractivity contribution in [3.8, 4) is 0 Å². The van der Waals surface area contributed by atoms with Crippen LogP contribution in [0.1, 0.15) is 75.5 Å². The molecule has 6 rings (SSSR count). The van der Waals surface area contributed by atoms with Crippen molar-refractivity contribution in [1.29, 1.82) is 0 Å². The van der Waals surface area contributed by atoms with Gasteiger partial charge in [0.25, 0.3) is 0 Å². The van der Waals surface area contributed by atoms with Crippen LogP contribution in [0, 0.1) is 11.8 Å². The van der Waals surface area contributed by atoms with Gasteiger partial charge in [-0.1, -0.05) is 38.8 Å². The summed E-state index contributed by atoms with van der Waals surface area (Å²) in [7, 11) is 0. The zero-order chi connectivity index (χ0) is 21.9. The number of fused-ring (bicyclic) bond motifs is 1. The summed E-state index contributed by atoms with van der Waals surface area (Å²) < 4.78 is 0. The summed E-state index contributed by atoms with van der Waals surface area (Å²) in [5, 5.41) is 3.71. The van der Waals surface area contributed by atoms with Crippen molar-refractivity contribution in [1.82, 2.24) is 10.2 Å². The lowest BCUT2D eigenvalue weighted by Crippen LogP contribution is -2.40. The van der Waals surface area contributed by atoms with Gasteiger partial charge >= 0.3 is 0 Å². The minimum Gasteiger partial charge on any atom is -0.388 e. The maximum absolute atomic E-state index is 12.6. The smallest absolute Gasteiger partial charge is 0.227 e. The monoisotopic (exact) mass is 433 g/mol. The molecule has 2 fully saturated rings. The number of hydrogen-bond donors (Lipinski definition) is 1. The van der Waals surface area contributed by atoms with Crippen LogP contribution < -0.4 is 10.2 Å². The van der Waals surface area contributed by atoms with Gasteiger partial charge in [0.15, 0.2) is 0 Å². The minimum absolute atomic E-state index is 0.0453. The number of nitrogens with one attached hydrogen (secondary N) is 1. The third-order valence-electron chi connectivity index (χ3n) is 9.18. The van der Waals surface area contributed by atoms with Crippen molar-refractivity contribution >= 4 is 11.6 Å². The Morgan fingerprint density at radius 2 is 1.88 bits per heavy atom. The van der Waals surface area contributed by atoms with Gasteiger partial charge < -0.3 is 15.1 Å². The van der Waals surface area contributed by atoms with E-state index in [1.165, 1.54) is 74.0 Å². The summed E-state index contributed by atoms with van der Waals surface area (Å²) in [6.07, 6.45) is 13.5. The van der Waals surface area contributed by atoms with Crippen LogP contribution in [-0.4, -0.2) is 43.0 Å². The molecule has 0 radical (unpaired) electrons. The summed E-state index contributed by atoms with van der Waals surface area (Å²) >= 11 is 0. The third kappa shape index (κ3) is 3.50. The molecule has 1 N–H and O–H groups in total. The number of piperidine rings is 1. The summed E-state index contributed by atoms with van der Waals surface area (Å²) in [5.74, 6) is 1.95. The average molecular weight is 434 g/mol. The molecular weight excluding hydrogens is 394 g/mol. The molecule has 172 valence electrons. The normalized spacial score (nSPS) is 29.5. The number of likely N-dealkylation sites (tertiary alicyclic amines) is 1. The van der Waals surface area contributed by atoms with E-state index in [-0.39, 0.29) is 5.41 Å². The summed E-state index contributed by atoms with van der Waals surface area (Å²) in [4.78, 5) is 17.3. The van der Waals surface area contributed by atoms with E-state index >= 15 is 0 Å². The van der Waals surface area contributed by atoms with E-state index < -0.39 is 0 Å². The molecule has 1 saturated heterocycles. The number of hydrogen-bond acceptors (Lipinski definition) is 3. The van der Waals surface area contributed by atoms with Crippen LogP contribution in [0.4, 0.5) is 5.69 Å². The highest BCUT2D eigenvalue weighted by molar-refractivity contribution is 6.00. The Kier molecular flexibility index (Phi) is 5.13. The molecule has 2 atom stereocenters. The van der Waals surface area contributed by atoms with Crippen molar-refractivity contribution in [2.75, 3.05) is 31.1 Å². The van der Waals surface area contributed by atoms with Crippen molar-refractivity contribution in [3.05, 3.63) is 40.6 Å². The fourth-order valence-corrected chi connectivity index (χ4v) is 7.33. The number of carbonyl (C=O) groups is 1. The Bertz CT molecular complexity index is 940. The van der Waals surface area contributed by atoms with Gasteiger partial charge in [0.1, 0.15) is 0 Å². The van der Waals surface area contributed by atoms with E-state index in [0.717, 1.165) is 43.8 Å². The molecule has 0 spiro atoms. The highest BCUT2D eigenvalue weighted by Gasteiger charge is 2.41. The largest absolute Gasteiger partial charge is 0.388 e. The lowest BCUT2D eigenvalue weighted by atomic mass is 9.75. The highest BCUT2D eigenvalue weighted by atomic mass is 16.2. The summed E-state index contributed by atoms with van der Waals surface area (Å²) in [6, 6.07) is 5.57. The number of nitrogens with zero attached hydrogens (tertiary/aromatic N) is 2. The molecule has 5 aliphatic rings. The average Bonchev–Trinajstić information content (AvgIpc) is 3.41. The quantitative estimate of drug-likeness (QED) is 0.756. The van der Waals surface area contributed by atoms with Gasteiger partial charge in [-0.2, -0.15) is 0 Å². The predicted octanol–water partition coefficient (Wildman–Crippen LogP) is 4.56. The molecule has 1 aromatic rings. The molecule has 4 aliphatic heterocycles. The van der Waals surface area contributed by atoms with Crippen LogP contribution in [0.25, 0.3) is 0 Å². The van der Waals surface area contributed by atoms with E-state index in [4.69, 9.17) is 0 Å². The van der Waals surface area contributed by atoms with Crippen LogP contribution in [0.3, 0.4) is 0 Å². The van der Waals surface area contributed by atoms with Gasteiger partial charge in [-0.3, -0.25) is 4.79 Å². The summed E-state index contributed by atoms with van der Waals surface area (Å²) in [6.45, 7) is 9.01. The second kappa shape index (κ2) is 7.90. The van der Waals surface area contributed by atoms with Crippen molar-refractivity contribution in [3.63, 3.8) is 0 Å². The maximum atomic E-state index is 12.6. The number of anilines is 1. The van der Waals surface area contributed by atoms with E-state index in [9.17, 15) is 4.79 Å². The molecule has 1 unspecified atom stereocenters. The molecule has 4 nitrogen and oxygen atoms in total. The van der Waals surface area contributed by atoms with Gasteiger partial charge in [0.05, 0.1) is 5.69 Å². The van der Waals surface area contributed by atoms with Gasteiger partial charge in [-0.25, -0.2) is 0 Å². The number of amides is 1. The first-order valence-corrected chi connectivity index (χ1v) is 13.1. The Hall–Kier alpha value is -1.81. The van der Waals surface area contributed by atoms with Crippen LogP contribution in [0.5, 0.6) is 0 Å². The molecule has 1 aliphatic carbocycles. The number of rotatable bonds is 4. The van der Waals surface area contributed by atoms with Gasteiger partial charge in [-0.15, -0.1) is 0 Å². The SMILES string of the molecule is CC1(C)CC(=O)N2CCc3cc(CCN4CCC(C5=CN[C@@H]6CCCCC56)CC4)cc1c32. The second-order valence-corrected chi connectivity index (χ2v) is 11.7. The fraction of sp³-hybridized carbons (Fsp3) is 0.679. The van der Waals surface area contributed by atoms with Gasteiger partial charge in [-0.05, 0) is 86.0 Å². The van der Waals surface area contributed by atoms with Crippen molar-refractivity contribution in [2.45, 2.75) is 83.1 Å². The van der Waals surface area contributed by atoms with Gasteiger partial charge in [0, 0.05) is 36.9 Å². The molecule has 1 amide bonds. The van der Waals surface area contributed by atoms with Gasteiger partial charge in [0.2, 0.25) is 5.91 Å². The van der Waals surface area contributed by atoms with Crippen molar-refractivity contribution in [2.24, 2.45) is 11.8 Å². The topological polar surface area (TPSA) is 35.6 Å². The molecular formula is C28H39N3O. The zero-order valence-electron chi connectivity index (χ0n) is 20.0. The number of benzene rings is 1. The first-order chi connectivity index (χ1) is 15.5. The molecule has 0 aromatic heterocycles. The predicted molar refractivity (Wildman–Crippen MR) is 130 cm³/mol. The van der Waals surface area contributed by atoms with Crippen LogP contribution in [0.15, 0.2) is 23.9 Å². The Balaban J connectivity index is 1.09. The van der Waals surface area contributed by atoms with E-state index in [1.54, 1.807) is 5.57 Å². The first kappa shape index (κ1) is 20.8. The minimum atomic E-state index is -0.0453. The lowest BCUT2D eigenvalue weighted by Gasteiger charge is -2.37. The molecule has 1 saturated carbocycles. The van der Waals surface area contributed by atoms with E-state index in [0.29, 0.717) is 12.3 Å². The van der Waals surface area contributed by atoms with Crippen LogP contribution in [0.2, 0.25) is 0 Å². The van der Waals surface area contributed by atoms with E-state index in [1.807, 2.05) is 4.90 Å². The Morgan fingerprint density at radius 3 is 2.72 bits per heavy atom. The summed E-state index contributed by atoms with van der Waals surface area (Å²) in [5.41, 5.74) is 7.24. The molecule has 4 heteroatoms. The third-order valence-corrected chi connectivity index (χ3v) is 9.18. The van der Waals surface area contributed by atoms with E-state index in [2.05, 4.69) is 42.4 Å². The zero-order valence-corrected chi connectivity index (χ0v) is 20.0. The Morgan fingerprint density at radius 1 is 1.06 bits per heavy atom. The standard InChI is InChI=1S/C28H39N3O/c1-28(2)17-26(32)31-14-10-21-15-19(16-24(28)27(21)31)7-11-30-12-8-20(9-13-30)23-18-29-25-6-4-3-5-22(23)25/h15-16,18,20,22,25,29H,3-14,17H2,1-2H3/t22?,25-/m1/s1. The number of carbonyl (C=O) groups excluding carboxylic acids is 1.